The van der Waals surface area contributed by atoms with Gasteiger partial charge in [0, 0.05) is 19.5 Å². The van der Waals surface area contributed by atoms with Crippen molar-refractivity contribution in [3.05, 3.63) is 59.7 Å². The molecule has 0 bridgehead atoms. The van der Waals surface area contributed by atoms with Crippen LogP contribution in [0.15, 0.2) is 48.5 Å². The number of phenolic OH excluding ortho intramolecular Hbond substituents is 1. The van der Waals surface area contributed by atoms with Gasteiger partial charge in [0.05, 0.1) is 11.7 Å². The zero-order valence-electron chi connectivity index (χ0n) is 14.0. The van der Waals surface area contributed by atoms with E-state index in [2.05, 4.69) is 10.6 Å². The minimum atomic E-state index is -0.430. The molecule has 3 rings (SSSR count). The van der Waals surface area contributed by atoms with Gasteiger partial charge in [0.2, 0.25) is 5.91 Å². The molecule has 1 atom stereocenters. The molecule has 1 unspecified atom stereocenters. The van der Waals surface area contributed by atoms with Crippen LogP contribution < -0.4 is 10.6 Å². The van der Waals surface area contributed by atoms with Crippen LogP contribution in [-0.4, -0.2) is 34.5 Å². The Morgan fingerprint density at radius 3 is 2.76 bits per heavy atom. The summed E-state index contributed by atoms with van der Waals surface area (Å²) in [6.45, 7) is 2.89. The van der Waals surface area contributed by atoms with Gasteiger partial charge >= 0.3 is 6.03 Å². The van der Waals surface area contributed by atoms with Gasteiger partial charge in [-0.05, 0) is 30.2 Å². The Bertz CT molecular complexity index is 777. The van der Waals surface area contributed by atoms with Crippen molar-refractivity contribution >= 4 is 17.6 Å². The van der Waals surface area contributed by atoms with Gasteiger partial charge in [0.25, 0.3) is 0 Å². The number of nitrogens with one attached hydrogen (secondary N) is 2. The van der Waals surface area contributed by atoms with Crippen LogP contribution in [0.2, 0.25) is 0 Å². The average molecular weight is 339 g/mol. The van der Waals surface area contributed by atoms with E-state index < -0.39 is 6.03 Å². The van der Waals surface area contributed by atoms with Gasteiger partial charge in [-0.15, -0.1) is 0 Å². The number of anilines is 1. The van der Waals surface area contributed by atoms with Crippen LogP contribution in [0.25, 0.3) is 0 Å². The number of hydrogen-bond acceptors (Lipinski definition) is 3. The number of carbonyl (C=O) groups excluding carboxylic acids is 2. The summed E-state index contributed by atoms with van der Waals surface area (Å²) in [6, 6.07) is 14.1. The maximum absolute atomic E-state index is 12.1. The average Bonchev–Trinajstić information content (AvgIpc) is 2.91. The van der Waals surface area contributed by atoms with Crippen LogP contribution in [0.3, 0.4) is 0 Å². The van der Waals surface area contributed by atoms with E-state index in [1.54, 1.807) is 17.0 Å². The quantitative estimate of drug-likeness (QED) is 0.749. The molecule has 1 aliphatic heterocycles. The van der Waals surface area contributed by atoms with E-state index in [0.717, 1.165) is 11.1 Å². The van der Waals surface area contributed by atoms with Gasteiger partial charge in [0.15, 0.2) is 0 Å². The van der Waals surface area contributed by atoms with Crippen LogP contribution in [0, 0.1) is 6.92 Å². The zero-order chi connectivity index (χ0) is 17.8. The number of benzene rings is 2. The van der Waals surface area contributed by atoms with Gasteiger partial charge in [-0.3, -0.25) is 4.79 Å². The van der Waals surface area contributed by atoms with E-state index in [0.29, 0.717) is 18.8 Å². The highest BCUT2D eigenvalue weighted by atomic mass is 16.3. The highest BCUT2D eigenvalue weighted by molar-refractivity contribution is 5.92. The summed E-state index contributed by atoms with van der Waals surface area (Å²) < 4.78 is 0. The second-order valence-corrected chi connectivity index (χ2v) is 6.28. The fraction of sp³-hybridized carbons (Fsp3) is 0.263. The largest absolute Gasteiger partial charge is 0.506 e. The molecule has 3 amide bonds. The van der Waals surface area contributed by atoms with E-state index in [1.807, 2.05) is 37.3 Å². The van der Waals surface area contributed by atoms with E-state index >= 15 is 0 Å². The molecular formula is C19H21N3O3. The second-order valence-electron chi connectivity index (χ2n) is 6.28. The number of aryl methyl sites for hydroxylation is 1. The van der Waals surface area contributed by atoms with E-state index in [9.17, 15) is 14.7 Å². The molecular weight excluding hydrogens is 318 g/mol. The minimum absolute atomic E-state index is 0.00829. The lowest BCUT2D eigenvalue weighted by molar-refractivity contribution is -0.128. The Morgan fingerprint density at radius 2 is 2.00 bits per heavy atom. The fourth-order valence-electron chi connectivity index (χ4n) is 2.92. The Labute approximate surface area is 146 Å². The molecule has 0 aromatic heterocycles. The Morgan fingerprint density at radius 1 is 1.24 bits per heavy atom. The summed E-state index contributed by atoms with van der Waals surface area (Å²) in [5.74, 6) is 0.0292. The molecule has 0 saturated carbocycles. The van der Waals surface area contributed by atoms with E-state index in [-0.39, 0.29) is 24.1 Å². The lowest BCUT2D eigenvalue weighted by atomic mass is 10.2. The lowest BCUT2D eigenvalue weighted by Gasteiger charge is -2.17. The highest BCUT2D eigenvalue weighted by Gasteiger charge is 2.30. The summed E-state index contributed by atoms with van der Waals surface area (Å²) >= 11 is 0. The Kier molecular flexibility index (Phi) is 4.88. The number of urea groups is 1. The standard InChI is InChI=1S/C19H21N3O3/c1-13-7-8-17(23)16(9-13)21-19(25)20-15-10-18(24)22(12-15)11-14-5-3-2-4-6-14/h2-9,15,23H,10-12H2,1H3,(H2,20,21,25). The summed E-state index contributed by atoms with van der Waals surface area (Å²) in [5.41, 5.74) is 2.34. The lowest BCUT2D eigenvalue weighted by Crippen LogP contribution is -2.39. The molecule has 1 heterocycles. The summed E-state index contributed by atoms with van der Waals surface area (Å²) in [7, 11) is 0. The topological polar surface area (TPSA) is 81.7 Å². The van der Waals surface area contributed by atoms with E-state index in [4.69, 9.17) is 0 Å². The van der Waals surface area contributed by atoms with Crippen molar-refractivity contribution in [2.24, 2.45) is 0 Å². The number of aromatic hydroxyl groups is 1. The van der Waals surface area contributed by atoms with Gasteiger partial charge in [-0.2, -0.15) is 0 Å². The SMILES string of the molecule is Cc1ccc(O)c(NC(=O)NC2CC(=O)N(Cc3ccccc3)C2)c1. The van der Waals surface area contributed by atoms with Crippen LogP contribution in [0.4, 0.5) is 10.5 Å². The first-order valence-corrected chi connectivity index (χ1v) is 8.20. The van der Waals surface area contributed by atoms with Crippen molar-refractivity contribution in [1.82, 2.24) is 10.2 Å². The molecule has 3 N–H and O–H groups in total. The number of phenols is 1. The van der Waals surface area contributed by atoms with Gasteiger partial charge in [-0.1, -0.05) is 36.4 Å². The number of carbonyl (C=O) groups is 2. The van der Waals surface area contributed by atoms with Gasteiger partial charge < -0.3 is 20.6 Å². The molecule has 130 valence electrons. The van der Waals surface area contributed by atoms with Crippen molar-refractivity contribution in [3.8, 4) is 5.75 Å². The predicted molar refractivity (Wildman–Crippen MR) is 95.3 cm³/mol. The first-order valence-electron chi connectivity index (χ1n) is 8.20. The summed E-state index contributed by atoms with van der Waals surface area (Å²) in [4.78, 5) is 26.0. The molecule has 0 aliphatic carbocycles. The van der Waals surface area contributed by atoms with Crippen LogP contribution in [-0.2, 0) is 11.3 Å². The summed E-state index contributed by atoms with van der Waals surface area (Å²) in [6.07, 6.45) is 0.278. The number of hydrogen-bond donors (Lipinski definition) is 3. The maximum atomic E-state index is 12.1. The molecule has 25 heavy (non-hydrogen) atoms. The third-order valence-electron chi connectivity index (χ3n) is 4.17. The summed E-state index contributed by atoms with van der Waals surface area (Å²) in [5, 5.41) is 15.2. The minimum Gasteiger partial charge on any atom is -0.506 e. The maximum Gasteiger partial charge on any atom is 0.319 e. The van der Waals surface area contributed by atoms with Crippen molar-refractivity contribution < 1.29 is 14.7 Å². The molecule has 6 nitrogen and oxygen atoms in total. The highest BCUT2D eigenvalue weighted by Crippen LogP contribution is 2.24. The van der Waals surface area contributed by atoms with Crippen LogP contribution >= 0.6 is 0 Å². The zero-order valence-corrected chi connectivity index (χ0v) is 14.0. The molecule has 0 spiro atoms. The van der Waals surface area contributed by atoms with Crippen LogP contribution in [0.5, 0.6) is 5.75 Å². The number of amides is 3. The number of nitrogens with zero attached hydrogens (tertiary/aromatic N) is 1. The second kappa shape index (κ2) is 7.25. The molecule has 0 radical (unpaired) electrons. The van der Waals surface area contributed by atoms with Gasteiger partial charge in [-0.25, -0.2) is 4.79 Å². The van der Waals surface area contributed by atoms with Crippen molar-refractivity contribution in [2.45, 2.75) is 25.9 Å². The van der Waals surface area contributed by atoms with Crippen LogP contribution in [0.1, 0.15) is 17.5 Å². The van der Waals surface area contributed by atoms with Crippen molar-refractivity contribution in [2.75, 3.05) is 11.9 Å². The molecule has 1 fully saturated rings. The smallest absolute Gasteiger partial charge is 0.319 e. The van der Waals surface area contributed by atoms with Gasteiger partial charge in [0.1, 0.15) is 5.75 Å². The molecule has 2 aromatic rings. The van der Waals surface area contributed by atoms with Crippen molar-refractivity contribution in [1.29, 1.82) is 0 Å². The first-order chi connectivity index (χ1) is 12.0. The first kappa shape index (κ1) is 16.8. The Balaban J connectivity index is 1.56. The monoisotopic (exact) mass is 339 g/mol. The Hall–Kier alpha value is -3.02. The van der Waals surface area contributed by atoms with E-state index in [1.165, 1.54) is 6.07 Å². The number of rotatable bonds is 4. The van der Waals surface area contributed by atoms with Crippen molar-refractivity contribution in [3.63, 3.8) is 0 Å². The number of likely N-dealkylation sites (tertiary alicyclic amines) is 1. The molecule has 6 heteroatoms. The molecule has 2 aromatic carbocycles. The third kappa shape index (κ3) is 4.29. The molecule has 1 aliphatic rings. The molecule has 1 saturated heterocycles. The normalized spacial score (nSPS) is 16.8. The predicted octanol–water partition coefficient (Wildman–Crippen LogP) is 2.62. The third-order valence-corrected chi connectivity index (χ3v) is 4.17. The fourth-order valence-corrected chi connectivity index (χ4v) is 2.92.